The smallest absolute Gasteiger partial charge is 0.343 e. The van der Waals surface area contributed by atoms with Gasteiger partial charge in [0.25, 0.3) is 0 Å². The lowest BCUT2D eigenvalue weighted by Gasteiger charge is -2.30. The first kappa shape index (κ1) is 14.5. The summed E-state index contributed by atoms with van der Waals surface area (Å²) in [6.45, 7) is 2.18. The summed E-state index contributed by atoms with van der Waals surface area (Å²) in [5, 5.41) is 1.71. The Balaban J connectivity index is 2.42. The minimum Gasteiger partial charge on any atom is -0.462 e. The predicted molar refractivity (Wildman–Crippen MR) is 76.8 cm³/mol. The molecule has 7 heteroatoms. The number of ether oxygens (including phenoxy) is 1. The van der Waals surface area contributed by atoms with E-state index in [0.29, 0.717) is 12.1 Å². The highest BCUT2D eigenvalue weighted by Crippen LogP contribution is 2.26. The van der Waals surface area contributed by atoms with Gasteiger partial charge in [-0.3, -0.25) is 9.47 Å². The van der Waals surface area contributed by atoms with E-state index in [-0.39, 0.29) is 29.5 Å². The summed E-state index contributed by atoms with van der Waals surface area (Å²) in [6, 6.07) is 0.842. The van der Waals surface area contributed by atoms with Gasteiger partial charge in [-0.25, -0.2) is 13.6 Å². The molecule has 22 heavy (non-hydrogen) atoms. The van der Waals surface area contributed by atoms with Gasteiger partial charge in [-0.15, -0.1) is 0 Å². The second-order valence-corrected chi connectivity index (χ2v) is 5.12. The predicted octanol–water partition coefficient (Wildman–Crippen LogP) is 1.58. The Bertz CT molecular complexity index is 845. The summed E-state index contributed by atoms with van der Waals surface area (Å²) in [6.07, 6.45) is 1.61. The number of aromatic nitrogens is 1. The normalized spacial score (nSPS) is 13.5. The minimum atomic E-state index is -1.09. The molecule has 0 saturated heterocycles. The zero-order valence-corrected chi connectivity index (χ0v) is 12.2. The van der Waals surface area contributed by atoms with Gasteiger partial charge in [0.2, 0.25) is 5.43 Å². The largest absolute Gasteiger partial charge is 0.462 e. The molecule has 1 aliphatic rings. The number of carbonyl (C=O) groups is 1. The molecule has 0 N–H and O–H groups in total. The number of benzene rings is 1. The molecule has 0 bridgehead atoms. The molecule has 116 valence electrons. The Morgan fingerprint density at radius 3 is 2.82 bits per heavy atom. The van der Waals surface area contributed by atoms with Gasteiger partial charge in [-0.2, -0.15) is 0 Å². The van der Waals surface area contributed by atoms with Crippen LogP contribution < -0.4 is 10.4 Å². The third-order valence-electron chi connectivity index (χ3n) is 3.80. The van der Waals surface area contributed by atoms with Crippen LogP contribution in [-0.2, 0) is 11.2 Å². The first-order valence-corrected chi connectivity index (χ1v) is 6.90. The van der Waals surface area contributed by atoms with Gasteiger partial charge in [0.15, 0.2) is 11.6 Å². The SMILES string of the molecule is CCOC(=O)c1cn2c3c(c(F)c(F)cc3c1=O)CCN2C. The molecule has 1 aromatic heterocycles. The average Bonchev–Trinajstić information content (AvgIpc) is 2.48. The van der Waals surface area contributed by atoms with Crippen LogP contribution in [0.2, 0.25) is 0 Å². The monoisotopic (exact) mass is 308 g/mol. The van der Waals surface area contributed by atoms with Crippen LogP contribution in [0.3, 0.4) is 0 Å². The highest BCUT2D eigenvalue weighted by atomic mass is 19.2. The fourth-order valence-corrected chi connectivity index (χ4v) is 2.73. The van der Waals surface area contributed by atoms with Crippen molar-refractivity contribution in [2.45, 2.75) is 13.3 Å². The van der Waals surface area contributed by atoms with Crippen molar-refractivity contribution in [3.63, 3.8) is 0 Å². The summed E-state index contributed by atoms with van der Waals surface area (Å²) in [7, 11) is 1.74. The van der Waals surface area contributed by atoms with Crippen LogP contribution >= 0.6 is 0 Å². The standard InChI is InChI=1S/C15H14F2N2O3/c1-3-22-15(21)10-7-19-13-8(4-5-18(19)2)12(17)11(16)6-9(13)14(10)20/h6-7H,3-5H2,1-2H3. The first-order chi connectivity index (χ1) is 10.5. The molecule has 0 radical (unpaired) electrons. The van der Waals surface area contributed by atoms with E-state index < -0.39 is 23.0 Å². The van der Waals surface area contributed by atoms with Crippen LogP contribution in [0.4, 0.5) is 8.78 Å². The Morgan fingerprint density at radius 1 is 1.41 bits per heavy atom. The van der Waals surface area contributed by atoms with Crippen molar-refractivity contribution in [3.8, 4) is 0 Å². The number of hydrogen-bond donors (Lipinski definition) is 0. The van der Waals surface area contributed by atoms with Crippen LogP contribution in [0, 0.1) is 11.6 Å². The number of hydrogen-bond acceptors (Lipinski definition) is 4. The van der Waals surface area contributed by atoms with E-state index in [9.17, 15) is 18.4 Å². The maximum absolute atomic E-state index is 14.0. The molecule has 0 unspecified atom stereocenters. The highest BCUT2D eigenvalue weighted by Gasteiger charge is 2.26. The third kappa shape index (κ3) is 1.96. The van der Waals surface area contributed by atoms with Gasteiger partial charge in [0, 0.05) is 25.4 Å². The maximum Gasteiger partial charge on any atom is 0.343 e. The second kappa shape index (κ2) is 5.08. The van der Waals surface area contributed by atoms with Crippen LogP contribution in [0.25, 0.3) is 10.9 Å². The number of esters is 1. The summed E-state index contributed by atoms with van der Waals surface area (Å²) in [5.41, 5.74) is -0.397. The lowest BCUT2D eigenvalue weighted by Crippen LogP contribution is -2.39. The Kier molecular flexibility index (Phi) is 3.35. The Hall–Kier alpha value is -2.44. The molecule has 0 spiro atoms. The molecule has 1 aromatic carbocycles. The second-order valence-electron chi connectivity index (χ2n) is 5.12. The summed E-state index contributed by atoms with van der Waals surface area (Å²) in [4.78, 5) is 24.4. The number of rotatable bonds is 2. The molecule has 3 rings (SSSR count). The van der Waals surface area contributed by atoms with E-state index >= 15 is 0 Å². The molecule has 0 saturated carbocycles. The fourth-order valence-electron chi connectivity index (χ4n) is 2.73. The summed E-state index contributed by atoms with van der Waals surface area (Å²) < 4.78 is 34.1. The van der Waals surface area contributed by atoms with Gasteiger partial charge < -0.3 is 9.75 Å². The first-order valence-electron chi connectivity index (χ1n) is 6.90. The molecule has 0 amide bonds. The molecule has 2 aromatic rings. The molecule has 0 fully saturated rings. The third-order valence-corrected chi connectivity index (χ3v) is 3.80. The van der Waals surface area contributed by atoms with Gasteiger partial charge in [0.05, 0.1) is 17.5 Å². The van der Waals surface area contributed by atoms with Crippen molar-refractivity contribution in [2.24, 2.45) is 0 Å². The van der Waals surface area contributed by atoms with Gasteiger partial charge >= 0.3 is 5.97 Å². The molecule has 2 heterocycles. The van der Waals surface area contributed by atoms with Crippen molar-refractivity contribution in [2.75, 3.05) is 25.2 Å². The zero-order chi connectivity index (χ0) is 16.0. The minimum absolute atomic E-state index is 0.0222. The van der Waals surface area contributed by atoms with Crippen LogP contribution in [0.1, 0.15) is 22.8 Å². The average molecular weight is 308 g/mol. The lowest BCUT2D eigenvalue weighted by molar-refractivity contribution is 0.0524. The van der Waals surface area contributed by atoms with Gasteiger partial charge in [-0.1, -0.05) is 0 Å². The quantitative estimate of drug-likeness (QED) is 0.791. The number of pyridine rings is 1. The number of halogens is 2. The lowest BCUT2D eigenvalue weighted by atomic mass is 10.0. The molecule has 0 aliphatic carbocycles. The van der Waals surface area contributed by atoms with E-state index in [2.05, 4.69) is 0 Å². The maximum atomic E-state index is 14.0. The van der Waals surface area contributed by atoms with E-state index in [1.165, 1.54) is 10.9 Å². The summed E-state index contributed by atoms with van der Waals surface area (Å²) in [5.74, 6) is -2.81. The van der Waals surface area contributed by atoms with Crippen molar-refractivity contribution >= 4 is 16.9 Å². The Labute approximate surface area is 124 Å². The Morgan fingerprint density at radius 2 is 2.14 bits per heavy atom. The van der Waals surface area contributed by atoms with E-state index in [1.807, 2.05) is 0 Å². The van der Waals surface area contributed by atoms with Crippen molar-refractivity contribution in [3.05, 3.63) is 45.2 Å². The zero-order valence-electron chi connectivity index (χ0n) is 12.2. The number of carbonyl (C=O) groups excluding carboxylic acids is 1. The van der Waals surface area contributed by atoms with Crippen molar-refractivity contribution in [1.29, 1.82) is 0 Å². The number of likely N-dealkylation sites (N-methyl/N-ethyl adjacent to an activating group) is 1. The van der Waals surface area contributed by atoms with Crippen LogP contribution in [-0.4, -0.2) is 30.8 Å². The topological polar surface area (TPSA) is 51.5 Å². The molecular weight excluding hydrogens is 294 g/mol. The molecule has 0 atom stereocenters. The molecule has 5 nitrogen and oxygen atoms in total. The van der Waals surface area contributed by atoms with Crippen LogP contribution in [0.5, 0.6) is 0 Å². The summed E-state index contributed by atoms with van der Waals surface area (Å²) >= 11 is 0. The number of nitrogens with zero attached hydrogens (tertiary/aromatic N) is 2. The molecule has 1 aliphatic heterocycles. The highest BCUT2D eigenvalue weighted by molar-refractivity contribution is 5.95. The van der Waals surface area contributed by atoms with Crippen LogP contribution in [0.15, 0.2) is 17.1 Å². The van der Waals surface area contributed by atoms with Crippen molar-refractivity contribution < 1.29 is 18.3 Å². The van der Waals surface area contributed by atoms with Gasteiger partial charge in [0.1, 0.15) is 5.56 Å². The van der Waals surface area contributed by atoms with Gasteiger partial charge in [-0.05, 0) is 19.4 Å². The molecular formula is C15H14F2N2O3. The van der Waals surface area contributed by atoms with E-state index in [0.717, 1.165) is 6.07 Å². The van der Waals surface area contributed by atoms with E-state index in [1.54, 1.807) is 19.0 Å². The van der Waals surface area contributed by atoms with E-state index in [4.69, 9.17) is 4.74 Å². The fraction of sp³-hybridized carbons (Fsp3) is 0.333. The van der Waals surface area contributed by atoms with Crippen molar-refractivity contribution in [1.82, 2.24) is 4.68 Å².